The zero-order valence-corrected chi connectivity index (χ0v) is 22.1. The second-order valence-corrected chi connectivity index (χ2v) is 10.4. The van der Waals surface area contributed by atoms with E-state index in [0.29, 0.717) is 40.8 Å². The van der Waals surface area contributed by atoms with Gasteiger partial charge in [0.1, 0.15) is 0 Å². The topological polar surface area (TPSA) is 62.3 Å². The maximum absolute atomic E-state index is 13.7. The molecule has 6 rings (SSSR count). The summed E-state index contributed by atoms with van der Waals surface area (Å²) in [5.74, 6) is 0.695. The number of amides is 2. The first-order valence-corrected chi connectivity index (χ1v) is 13.3. The molecule has 3 unspecified atom stereocenters. The fourth-order valence-electron chi connectivity index (χ4n) is 6.55. The molecule has 2 saturated heterocycles. The Labute approximate surface area is 223 Å². The maximum Gasteiger partial charge on any atom is 0.263 e. The number of nitrogens with zero attached hydrogens (tertiary/aromatic N) is 3. The molecule has 0 saturated carbocycles. The van der Waals surface area contributed by atoms with Gasteiger partial charge >= 0.3 is 0 Å². The molecule has 0 radical (unpaired) electrons. The van der Waals surface area contributed by atoms with Crippen LogP contribution in [-0.4, -0.2) is 61.0 Å². The lowest BCUT2D eigenvalue weighted by atomic mass is 10.0. The molecule has 0 aliphatic carbocycles. The number of hydrogen-bond donors (Lipinski definition) is 0. The van der Waals surface area contributed by atoms with Crippen LogP contribution in [0.25, 0.3) is 0 Å². The van der Waals surface area contributed by atoms with E-state index in [9.17, 15) is 9.59 Å². The van der Waals surface area contributed by atoms with Crippen molar-refractivity contribution in [3.8, 4) is 11.5 Å². The minimum absolute atomic E-state index is 0.180. The highest BCUT2D eigenvalue weighted by molar-refractivity contribution is 6.23. The monoisotopic (exact) mass is 511 g/mol. The minimum atomic E-state index is -0.249. The molecule has 3 aliphatic rings. The molecule has 3 aromatic rings. The van der Waals surface area contributed by atoms with Crippen molar-refractivity contribution in [2.45, 2.75) is 44.4 Å². The Hall–Kier alpha value is -3.84. The van der Waals surface area contributed by atoms with Crippen LogP contribution in [0.15, 0.2) is 66.7 Å². The summed E-state index contributed by atoms with van der Waals surface area (Å²) in [6.07, 6.45) is 2.29. The third-order valence-electron chi connectivity index (χ3n) is 8.37. The number of anilines is 1. The summed E-state index contributed by atoms with van der Waals surface area (Å²) in [6, 6.07) is 23.0. The average Bonchev–Trinajstić information content (AvgIpc) is 3.36. The van der Waals surface area contributed by atoms with E-state index in [1.807, 2.05) is 24.3 Å². The molecule has 38 heavy (non-hydrogen) atoms. The van der Waals surface area contributed by atoms with Crippen LogP contribution in [0.5, 0.6) is 11.5 Å². The van der Waals surface area contributed by atoms with Crippen molar-refractivity contribution in [3.05, 3.63) is 89.0 Å². The molecule has 7 heteroatoms. The normalized spacial score (nSPS) is 21.6. The SMILES string of the molecule is COc1ccc(CN2C(=O)c3cccc(N4CC5CCC(C4)N5C(C)c4ccccc4)c3C2=O)cc1OC. The largest absolute Gasteiger partial charge is 0.493 e. The Bertz CT molecular complexity index is 1360. The van der Waals surface area contributed by atoms with Gasteiger partial charge in [-0.05, 0) is 55.2 Å². The molecule has 3 aromatic carbocycles. The van der Waals surface area contributed by atoms with Gasteiger partial charge in [-0.15, -0.1) is 0 Å². The zero-order chi connectivity index (χ0) is 26.4. The Morgan fingerprint density at radius 1 is 0.842 bits per heavy atom. The van der Waals surface area contributed by atoms with Crippen LogP contribution in [0.1, 0.15) is 57.7 Å². The lowest BCUT2D eigenvalue weighted by molar-refractivity contribution is 0.0642. The van der Waals surface area contributed by atoms with Crippen LogP contribution in [0.4, 0.5) is 5.69 Å². The quantitative estimate of drug-likeness (QED) is 0.420. The average molecular weight is 512 g/mol. The van der Waals surface area contributed by atoms with E-state index in [4.69, 9.17) is 9.47 Å². The summed E-state index contributed by atoms with van der Waals surface area (Å²) in [4.78, 5) is 33.4. The number of benzene rings is 3. The predicted molar refractivity (Wildman–Crippen MR) is 146 cm³/mol. The van der Waals surface area contributed by atoms with Crippen molar-refractivity contribution in [1.29, 1.82) is 0 Å². The van der Waals surface area contributed by atoms with Crippen LogP contribution in [0.2, 0.25) is 0 Å². The van der Waals surface area contributed by atoms with Gasteiger partial charge in [-0.2, -0.15) is 0 Å². The fourth-order valence-corrected chi connectivity index (χ4v) is 6.55. The molecule has 2 bridgehead atoms. The van der Waals surface area contributed by atoms with E-state index in [1.54, 1.807) is 26.4 Å². The lowest BCUT2D eigenvalue weighted by Gasteiger charge is -2.45. The van der Waals surface area contributed by atoms with E-state index in [1.165, 1.54) is 10.5 Å². The minimum Gasteiger partial charge on any atom is -0.493 e. The van der Waals surface area contributed by atoms with Crippen molar-refractivity contribution in [2.75, 3.05) is 32.2 Å². The van der Waals surface area contributed by atoms with Gasteiger partial charge in [0.25, 0.3) is 11.8 Å². The highest BCUT2D eigenvalue weighted by atomic mass is 16.5. The van der Waals surface area contributed by atoms with Crippen LogP contribution in [-0.2, 0) is 6.54 Å². The van der Waals surface area contributed by atoms with Gasteiger partial charge in [-0.1, -0.05) is 42.5 Å². The molecule has 3 atom stereocenters. The Morgan fingerprint density at radius 2 is 1.55 bits per heavy atom. The van der Waals surface area contributed by atoms with Gasteiger partial charge in [0.2, 0.25) is 0 Å². The number of carbonyl (C=O) groups is 2. The Morgan fingerprint density at radius 3 is 2.24 bits per heavy atom. The summed E-state index contributed by atoms with van der Waals surface area (Å²) in [5.41, 5.74) is 4.03. The second-order valence-electron chi connectivity index (χ2n) is 10.4. The van der Waals surface area contributed by atoms with E-state index >= 15 is 0 Å². The summed E-state index contributed by atoms with van der Waals surface area (Å²) >= 11 is 0. The van der Waals surface area contributed by atoms with Crippen LogP contribution < -0.4 is 14.4 Å². The smallest absolute Gasteiger partial charge is 0.263 e. The number of ether oxygens (including phenoxy) is 2. The van der Waals surface area contributed by atoms with Crippen LogP contribution in [0, 0.1) is 0 Å². The van der Waals surface area contributed by atoms with E-state index < -0.39 is 0 Å². The number of rotatable bonds is 7. The lowest BCUT2D eigenvalue weighted by Crippen LogP contribution is -2.54. The Balaban J connectivity index is 1.24. The third kappa shape index (κ3) is 4.02. The van der Waals surface area contributed by atoms with Crippen molar-refractivity contribution in [1.82, 2.24) is 9.80 Å². The van der Waals surface area contributed by atoms with Crippen molar-refractivity contribution in [2.24, 2.45) is 0 Å². The summed E-state index contributed by atoms with van der Waals surface area (Å²) in [7, 11) is 3.15. The summed E-state index contributed by atoms with van der Waals surface area (Å²) < 4.78 is 10.7. The predicted octanol–water partition coefficient (Wildman–Crippen LogP) is 4.91. The standard InChI is InChI=1S/C31H33N3O4/c1-20(22-8-5-4-6-9-22)34-23-13-14-24(34)19-32(18-23)26-11-7-10-25-29(26)31(36)33(30(25)35)17-21-12-15-27(37-2)28(16-21)38-3/h4-12,15-16,20,23-24H,13-14,17-19H2,1-3H3. The van der Waals surface area contributed by atoms with Gasteiger partial charge in [0, 0.05) is 31.2 Å². The molecule has 3 aliphatic heterocycles. The fraction of sp³-hybridized carbons (Fsp3) is 0.355. The summed E-state index contributed by atoms with van der Waals surface area (Å²) in [6.45, 7) is 4.17. The van der Waals surface area contributed by atoms with Crippen LogP contribution in [0.3, 0.4) is 0 Å². The second kappa shape index (κ2) is 9.80. The molecule has 196 valence electrons. The maximum atomic E-state index is 13.7. The van der Waals surface area contributed by atoms with Crippen molar-refractivity contribution in [3.63, 3.8) is 0 Å². The Kier molecular flexibility index (Phi) is 6.32. The van der Waals surface area contributed by atoms with Gasteiger partial charge in [0.15, 0.2) is 11.5 Å². The van der Waals surface area contributed by atoms with Gasteiger partial charge in [-0.3, -0.25) is 19.4 Å². The van der Waals surface area contributed by atoms with Crippen molar-refractivity contribution < 1.29 is 19.1 Å². The van der Waals surface area contributed by atoms with Gasteiger partial charge < -0.3 is 14.4 Å². The molecule has 2 fully saturated rings. The summed E-state index contributed by atoms with van der Waals surface area (Å²) in [5, 5.41) is 0. The third-order valence-corrected chi connectivity index (χ3v) is 8.37. The molecule has 3 heterocycles. The van der Waals surface area contributed by atoms with Crippen molar-refractivity contribution >= 4 is 17.5 Å². The van der Waals surface area contributed by atoms with E-state index in [2.05, 4.69) is 47.1 Å². The molecule has 0 spiro atoms. The zero-order valence-electron chi connectivity index (χ0n) is 22.1. The molecular weight excluding hydrogens is 478 g/mol. The first kappa shape index (κ1) is 24.5. The molecular formula is C31H33N3O4. The van der Waals surface area contributed by atoms with Crippen LogP contribution >= 0.6 is 0 Å². The number of carbonyl (C=O) groups excluding carboxylic acids is 2. The first-order chi connectivity index (χ1) is 18.5. The number of methoxy groups -OCH3 is 2. The molecule has 0 N–H and O–H groups in total. The number of imide groups is 1. The molecule has 7 nitrogen and oxygen atoms in total. The van der Waals surface area contributed by atoms with E-state index in [0.717, 1.165) is 37.2 Å². The highest BCUT2D eigenvalue weighted by Gasteiger charge is 2.45. The molecule has 2 amide bonds. The number of fused-ring (bicyclic) bond motifs is 3. The first-order valence-electron chi connectivity index (χ1n) is 13.3. The van der Waals surface area contributed by atoms with E-state index in [-0.39, 0.29) is 18.4 Å². The number of hydrogen-bond acceptors (Lipinski definition) is 6. The van der Waals surface area contributed by atoms with Gasteiger partial charge in [-0.25, -0.2) is 0 Å². The highest BCUT2D eigenvalue weighted by Crippen LogP contribution is 2.41. The number of piperazine rings is 1. The molecule has 0 aromatic heterocycles. The van der Waals surface area contributed by atoms with Gasteiger partial charge in [0.05, 0.1) is 37.6 Å².